The molecule has 4 nitrogen and oxygen atoms in total. The molecule has 37 heavy (non-hydrogen) atoms. The van der Waals surface area contributed by atoms with Crippen LogP contribution in [-0.4, -0.2) is 35.1 Å². The van der Waals surface area contributed by atoms with E-state index in [0.717, 1.165) is 24.0 Å². The second-order valence-electron chi connectivity index (χ2n) is 8.69. The average Bonchev–Trinajstić information content (AvgIpc) is 2.89. The second kappa shape index (κ2) is 15.0. The van der Waals surface area contributed by atoms with Gasteiger partial charge in [0.05, 0.1) is 5.75 Å². The molecule has 0 aliphatic rings. The van der Waals surface area contributed by atoms with Crippen molar-refractivity contribution in [3.8, 4) is 0 Å². The van der Waals surface area contributed by atoms with E-state index in [2.05, 4.69) is 5.32 Å². The molecule has 3 rings (SSSR count). The van der Waals surface area contributed by atoms with Crippen molar-refractivity contribution in [2.75, 3.05) is 12.3 Å². The van der Waals surface area contributed by atoms with E-state index in [0.29, 0.717) is 34.3 Å². The summed E-state index contributed by atoms with van der Waals surface area (Å²) in [6, 6.07) is 20.4. The normalized spacial score (nSPS) is 11.7. The van der Waals surface area contributed by atoms with Crippen LogP contribution in [0.1, 0.15) is 36.5 Å². The monoisotopic (exact) mass is 560 g/mol. The molecule has 8 heteroatoms. The van der Waals surface area contributed by atoms with Crippen LogP contribution in [0.4, 0.5) is 4.39 Å². The van der Waals surface area contributed by atoms with E-state index in [4.69, 9.17) is 23.2 Å². The zero-order chi connectivity index (χ0) is 26.6. The molecule has 0 bridgehead atoms. The molecule has 0 aliphatic carbocycles. The van der Waals surface area contributed by atoms with Crippen LogP contribution in [0.15, 0.2) is 72.8 Å². The summed E-state index contributed by atoms with van der Waals surface area (Å²) in [5.41, 5.74) is 2.15. The quantitative estimate of drug-likeness (QED) is 0.231. The fraction of sp³-hybridized carbons (Fsp3) is 0.310. The molecule has 0 aromatic heterocycles. The minimum atomic E-state index is -0.786. The van der Waals surface area contributed by atoms with Gasteiger partial charge in [0.25, 0.3) is 0 Å². The number of nitrogens with zero attached hydrogens (tertiary/aromatic N) is 1. The van der Waals surface area contributed by atoms with Gasteiger partial charge >= 0.3 is 0 Å². The Morgan fingerprint density at radius 3 is 2.43 bits per heavy atom. The first-order valence-electron chi connectivity index (χ1n) is 12.2. The van der Waals surface area contributed by atoms with E-state index in [1.807, 2.05) is 43.3 Å². The molecule has 0 saturated heterocycles. The smallest absolute Gasteiger partial charge is 0.243 e. The Morgan fingerprint density at radius 2 is 1.73 bits per heavy atom. The Balaban J connectivity index is 1.84. The maximum absolute atomic E-state index is 14.6. The number of unbranched alkanes of at least 4 members (excludes halogenated alkanes) is 1. The standard InChI is InChI=1S/C29H31Cl2FN2O2S/c1-2-3-15-33-29(36)27(16-21-9-5-4-6-10-21)34(18-22-11-7-8-12-26(22)32)28(35)20-37-19-23-13-14-24(30)17-25(23)31/h4-14,17,27H,2-3,15-16,18-20H2,1H3,(H,33,36)/t27-/m1/s1. The highest BCUT2D eigenvalue weighted by molar-refractivity contribution is 7.99. The van der Waals surface area contributed by atoms with Gasteiger partial charge in [-0.2, -0.15) is 0 Å². The van der Waals surface area contributed by atoms with Gasteiger partial charge in [0.1, 0.15) is 11.9 Å². The van der Waals surface area contributed by atoms with Crippen LogP contribution in [0, 0.1) is 5.82 Å². The van der Waals surface area contributed by atoms with Gasteiger partial charge in [0, 0.05) is 40.9 Å². The van der Waals surface area contributed by atoms with E-state index in [1.165, 1.54) is 22.7 Å². The number of hydrogen-bond donors (Lipinski definition) is 1. The number of nitrogens with one attached hydrogen (secondary N) is 1. The average molecular weight is 562 g/mol. The Hall–Kier alpha value is -2.54. The number of thioether (sulfide) groups is 1. The number of carbonyl (C=O) groups excluding carboxylic acids is 2. The summed E-state index contributed by atoms with van der Waals surface area (Å²) >= 11 is 13.7. The Morgan fingerprint density at radius 1 is 1.00 bits per heavy atom. The highest BCUT2D eigenvalue weighted by Crippen LogP contribution is 2.25. The Labute approximate surface area is 232 Å². The summed E-state index contributed by atoms with van der Waals surface area (Å²) < 4.78 is 14.6. The van der Waals surface area contributed by atoms with Crippen molar-refractivity contribution < 1.29 is 14.0 Å². The summed E-state index contributed by atoms with van der Waals surface area (Å²) in [4.78, 5) is 28.5. The molecule has 0 saturated carbocycles. The third kappa shape index (κ3) is 9.06. The van der Waals surface area contributed by atoms with Gasteiger partial charge in [-0.15, -0.1) is 11.8 Å². The highest BCUT2D eigenvalue weighted by atomic mass is 35.5. The SMILES string of the molecule is CCCCNC(=O)[C@@H](Cc1ccccc1)N(Cc1ccccc1F)C(=O)CSCc1ccc(Cl)cc1Cl. The predicted molar refractivity (Wildman–Crippen MR) is 151 cm³/mol. The van der Waals surface area contributed by atoms with Crippen LogP contribution in [0.25, 0.3) is 0 Å². The summed E-state index contributed by atoms with van der Waals surface area (Å²) in [6.07, 6.45) is 2.10. The van der Waals surface area contributed by atoms with Crippen molar-refractivity contribution in [1.29, 1.82) is 0 Å². The van der Waals surface area contributed by atoms with Gasteiger partial charge in [0.2, 0.25) is 11.8 Å². The van der Waals surface area contributed by atoms with Crippen molar-refractivity contribution in [1.82, 2.24) is 10.2 Å². The van der Waals surface area contributed by atoms with Gasteiger partial charge in [0.15, 0.2) is 0 Å². The van der Waals surface area contributed by atoms with E-state index in [1.54, 1.807) is 30.3 Å². The fourth-order valence-electron chi connectivity index (χ4n) is 3.84. The molecule has 2 amide bonds. The summed E-state index contributed by atoms with van der Waals surface area (Å²) in [7, 11) is 0. The van der Waals surface area contributed by atoms with Crippen LogP contribution < -0.4 is 5.32 Å². The number of hydrogen-bond acceptors (Lipinski definition) is 3. The topological polar surface area (TPSA) is 49.4 Å². The second-order valence-corrected chi connectivity index (χ2v) is 10.5. The zero-order valence-corrected chi connectivity index (χ0v) is 23.1. The van der Waals surface area contributed by atoms with Crippen LogP contribution in [0.3, 0.4) is 0 Å². The molecule has 196 valence electrons. The minimum absolute atomic E-state index is 0.00747. The van der Waals surface area contributed by atoms with Crippen molar-refractivity contribution >= 4 is 46.8 Å². The molecule has 1 N–H and O–H groups in total. The maximum atomic E-state index is 14.6. The number of carbonyl (C=O) groups is 2. The largest absolute Gasteiger partial charge is 0.354 e. The molecule has 0 radical (unpaired) electrons. The van der Waals surface area contributed by atoms with Crippen molar-refractivity contribution in [2.45, 2.75) is 44.5 Å². The molecule has 0 aliphatic heterocycles. The number of amides is 2. The molecule has 0 fully saturated rings. The molecule has 0 unspecified atom stereocenters. The Bertz CT molecular complexity index is 1180. The van der Waals surface area contributed by atoms with Crippen LogP contribution in [0.2, 0.25) is 10.0 Å². The van der Waals surface area contributed by atoms with Gasteiger partial charge in [-0.25, -0.2) is 4.39 Å². The summed E-state index contributed by atoms with van der Waals surface area (Å²) in [5.74, 6) is -0.286. The Kier molecular flexibility index (Phi) is 11.8. The molecule has 0 heterocycles. The van der Waals surface area contributed by atoms with E-state index in [9.17, 15) is 14.0 Å². The maximum Gasteiger partial charge on any atom is 0.243 e. The lowest BCUT2D eigenvalue weighted by Gasteiger charge is -2.31. The lowest BCUT2D eigenvalue weighted by molar-refractivity contribution is -0.139. The van der Waals surface area contributed by atoms with Gasteiger partial charge in [-0.3, -0.25) is 9.59 Å². The van der Waals surface area contributed by atoms with Crippen LogP contribution in [-0.2, 0) is 28.3 Å². The van der Waals surface area contributed by atoms with Crippen molar-refractivity contribution in [3.63, 3.8) is 0 Å². The van der Waals surface area contributed by atoms with Crippen LogP contribution >= 0.6 is 35.0 Å². The van der Waals surface area contributed by atoms with E-state index >= 15 is 0 Å². The fourth-order valence-corrected chi connectivity index (χ4v) is 5.31. The van der Waals surface area contributed by atoms with Gasteiger partial charge in [-0.1, -0.05) is 91.1 Å². The zero-order valence-electron chi connectivity index (χ0n) is 20.8. The third-order valence-corrected chi connectivity index (χ3v) is 7.45. The summed E-state index contributed by atoms with van der Waals surface area (Å²) in [6.45, 7) is 2.56. The molecule has 3 aromatic carbocycles. The molecule has 0 spiro atoms. The van der Waals surface area contributed by atoms with E-state index < -0.39 is 11.9 Å². The highest BCUT2D eigenvalue weighted by Gasteiger charge is 2.30. The van der Waals surface area contributed by atoms with Crippen molar-refractivity contribution in [2.24, 2.45) is 0 Å². The van der Waals surface area contributed by atoms with E-state index in [-0.39, 0.29) is 24.1 Å². The molecular weight excluding hydrogens is 530 g/mol. The molecular formula is C29H31Cl2FN2O2S. The van der Waals surface area contributed by atoms with Crippen molar-refractivity contribution in [3.05, 3.63) is 105 Å². The number of benzene rings is 3. The first-order chi connectivity index (χ1) is 17.9. The minimum Gasteiger partial charge on any atom is -0.354 e. The lowest BCUT2D eigenvalue weighted by Crippen LogP contribution is -2.51. The number of halogens is 3. The third-order valence-electron chi connectivity index (χ3n) is 5.90. The molecule has 1 atom stereocenters. The first kappa shape index (κ1) is 29.0. The molecule has 3 aromatic rings. The predicted octanol–water partition coefficient (Wildman–Crippen LogP) is 6.92. The van der Waals surface area contributed by atoms with Gasteiger partial charge < -0.3 is 10.2 Å². The number of rotatable bonds is 13. The van der Waals surface area contributed by atoms with Gasteiger partial charge in [-0.05, 0) is 35.7 Å². The first-order valence-corrected chi connectivity index (χ1v) is 14.2. The van der Waals surface area contributed by atoms with Crippen LogP contribution in [0.5, 0.6) is 0 Å². The summed E-state index contributed by atoms with van der Waals surface area (Å²) in [5, 5.41) is 4.05. The lowest BCUT2D eigenvalue weighted by atomic mass is 10.0.